The average Bonchev–Trinajstić information content (AvgIpc) is 3.24. The van der Waals surface area contributed by atoms with Crippen LogP contribution in [0.5, 0.6) is 0 Å². The van der Waals surface area contributed by atoms with Crippen LogP contribution in [0.1, 0.15) is 30.9 Å². The maximum Gasteiger partial charge on any atom is 0.270 e. The first kappa shape index (κ1) is 17.7. The predicted octanol–water partition coefficient (Wildman–Crippen LogP) is 3.15. The van der Waals surface area contributed by atoms with Gasteiger partial charge in [0.15, 0.2) is 0 Å². The topological polar surface area (TPSA) is 82.5 Å². The molecule has 160 valence electrons. The summed E-state index contributed by atoms with van der Waals surface area (Å²) in [5.41, 5.74) is 1.64. The number of thiazole rings is 1. The van der Waals surface area contributed by atoms with Crippen molar-refractivity contribution >= 4 is 28.7 Å². The lowest BCUT2D eigenvalue weighted by atomic mass is 9.98. The van der Waals surface area contributed by atoms with Crippen LogP contribution in [-0.2, 0) is 6.42 Å². The first-order valence-corrected chi connectivity index (χ1v) is 11.0. The lowest BCUT2D eigenvalue weighted by Gasteiger charge is -2.32. The van der Waals surface area contributed by atoms with Crippen molar-refractivity contribution in [2.45, 2.75) is 19.3 Å². The summed E-state index contributed by atoms with van der Waals surface area (Å²) in [4.78, 5) is 29.8. The van der Waals surface area contributed by atoms with Crippen LogP contribution in [0.2, 0.25) is 0 Å². The molecule has 1 N–H and O–H groups in total. The van der Waals surface area contributed by atoms with Crippen LogP contribution < -0.4 is 9.80 Å². The first-order chi connectivity index (χ1) is 15.8. The molecular weight excluding hydrogens is 417 g/mol. The molecule has 7 nitrogen and oxygen atoms in total. The molecule has 5 rings (SSSR count). The van der Waals surface area contributed by atoms with Crippen LogP contribution in [0, 0.1) is 11.9 Å². The maximum atomic E-state index is 15.0. The lowest BCUT2D eigenvalue weighted by Crippen LogP contribution is -2.36. The average molecular weight is 442 g/mol. The fourth-order valence-corrected chi connectivity index (χ4v) is 5.08. The van der Waals surface area contributed by atoms with Crippen molar-refractivity contribution in [3.05, 3.63) is 53.2 Å². The van der Waals surface area contributed by atoms with E-state index in [1.165, 1.54) is 11.3 Å². The summed E-state index contributed by atoms with van der Waals surface area (Å²) in [7, 11) is 0. The zero-order chi connectivity index (χ0) is 23.2. The van der Waals surface area contributed by atoms with Crippen molar-refractivity contribution in [1.29, 1.82) is 0 Å². The highest BCUT2D eigenvalue weighted by molar-refractivity contribution is 7.17. The zero-order valence-electron chi connectivity index (χ0n) is 18.7. The van der Waals surface area contributed by atoms with Gasteiger partial charge in [-0.1, -0.05) is 0 Å². The van der Waals surface area contributed by atoms with E-state index in [9.17, 15) is 14.3 Å². The van der Waals surface area contributed by atoms with Gasteiger partial charge in [-0.3, -0.25) is 9.78 Å². The SMILES string of the molecule is [2H]C([2H])(O)C1CCN(c2ccc(-c3nc4c(s3)C(=O)N(c3cccnc3)CC4)c(F)n2)CC1. The van der Waals surface area contributed by atoms with Gasteiger partial charge in [-0.2, -0.15) is 4.39 Å². The number of piperidine rings is 1. The Morgan fingerprint density at radius 1 is 1.23 bits per heavy atom. The number of carbonyl (C=O) groups is 1. The molecule has 0 radical (unpaired) electrons. The van der Waals surface area contributed by atoms with Gasteiger partial charge in [0.05, 0.1) is 25.9 Å². The summed E-state index contributed by atoms with van der Waals surface area (Å²) in [6.45, 7) is -0.744. The Hall–Kier alpha value is -2.91. The summed E-state index contributed by atoms with van der Waals surface area (Å²) in [5.74, 6) is -0.795. The molecule has 2 aliphatic heterocycles. The van der Waals surface area contributed by atoms with Crippen molar-refractivity contribution in [3.63, 3.8) is 0 Å². The molecule has 0 atom stereocenters. The molecule has 0 bridgehead atoms. The van der Waals surface area contributed by atoms with E-state index in [1.807, 2.05) is 11.0 Å². The number of halogens is 1. The normalized spacial score (nSPS) is 18.6. The molecule has 0 aliphatic carbocycles. The van der Waals surface area contributed by atoms with E-state index in [1.54, 1.807) is 35.5 Å². The van der Waals surface area contributed by atoms with Gasteiger partial charge in [0.25, 0.3) is 5.91 Å². The second-order valence-electron chi connectivity index (χ2n) is 7.61. The third kappa shape index (κ3) is 3.79. The van der Waals surface area contributed by atoms with Crippen LogP contribution in [0.25, 0.3) is 10.6 Å². The molecule has 1 fully saturated rings. The van der Waals surface area contributed by atoms with E-state index in [-0.39, 0.29) is 11.5 Å². The molecule has 3 aromatic heterocycles. The molecule has 2 aliphatic rings. The fraction of sp³-hybridized carbons (Fsp3) is 0.364. The van der Waals surface area contributed by atoms with Crippen LogP contribution in [-0.4, -0.2) is 52.2 Å². The Labute approximate surface area is 186 Å². The zero-order valence-corrected chi connectivity index (χ0v) is 17.5. The van der Waals surface area contributed by atoms with Gasteiger partial charge in [-0.15, -0.1) is 11.3 Å². The Morgan fingerprint density at radius 3 is 2.77 bits per heavy atom. The summed E-state index contributed by atoms with van der Waals surface area (Å²) < 4.78 is 29.9. The van der Waals surface area contributed by atoms with E-state index in [4.69, 9.17) is 2.74 Å². The number of aromatic nitrogens is 3. The summed E-state index contributed by atoms with van der Waals surface area (Å²) >= 11 is 1.17. The number of nitrogens with zero attached hydrogens (tertiary/aromatic N) is 5. The first-order valence-electron chi connectivity index (χ1n) is 11.2. The number of fused-ring (bicyclic) bond motifs is 1. The fourth-order valence-electron chi connectivity index (χ4n) is 4.00. The van der Waals surface area contributed by atoms with Crippen molar-refractivity contribution in [2.75, 3.05) is 36.0 Å². The number of aliphatic hydroxyl groups is 1. The van der Waals surface area contributed by atoms with E-state index in [0.717, 1.165) is 5.69 Å². The minimum absolute atomic E-state index is 0.162. The molecule has 0 aromatic carbocycles. The molecule has 0 saturated carbocycles. The maximum absolute atomic E-state index is 15.0. The van der Waals surface area contributed by atoms with Gasteiger partial charge in [0, 0.05) is 38.8 Å². The predicted molar refractivity (Wildman–Crippen MR) is 117 cm³/mol. The number of hydrogen-bond donors (Lipinski definition) is 1. The van der Waals surface area contributed by atoms with E-state index in [2.05, 4.69) is 15.0 Å². The highest BCUT2D eigenvalue weighted by Crippen LogP contribution is 2.35. The Kier molecular flexibility index (Phi) is 4.76. The molecule has 5 heterocycles. The van der Waals surface area contributed by atoms with Crippen molar-refractivity contribution in [1.82, 2.24) is 15.0 Å². The van der Waals surface area contributed by atoms with Crippen LogP contribution >= 0.6 is 11.3 Å². The Balaban J connectivity index is 1.35. The Morgan fingerprint density at radius 2 is 2.06 bits per heavy atom. The van der Waals surface area contributed by atoms with E-state index in [0.29, 0.717) is 60.3 Å². The van der Waals surface area contributed by atoms with Crippen LogP contribution in [0.15, 0.2) is 36.7 Å². The summed E-state index contributed by atoms with van der Waals surface area (Å²) in [6, 6.07) is 6.96. The van der Waals surface area contributed by atoms with Crippen molar-refractivity contribution in [2.24, 2.45) is 5.92 Å². The molecule has 3 aromatic rings. The lowest BCUT2D eigenvalue weighted by molar-refractivity contribution is 0.0984. The molecule has 1 amide bonds. The highest BCUT2D eigenvalue weighted by Gasteiger charge is 2.30. The van der Waals surface area contributed by atoms with Gasteiger partial charge in [-0.25, -0.2) is 9.97 Å². The number of hydrogen-bond acceptors (Lipinski definition) is 7. The monoisotopic (exact) mass is 441 g/mol. The smallest absolute Gasteiger partial charge is 0.270 e. The van der Waals surface area contributed by atoms with Gasteiger partial charge in [0.2, 0.25) is 5.95 Å². The van der Waals surface area contributed by atoms with E-state index < -0.39 is 18.4 Å². The number of carbonyl (C=O) groups excluding carboxylic acids is 1. The quantitative estimate of drug-likeness (QED) is 0.627. The molecule has 1 saturated heterocycles. The molecule has 31 heavy (non-hydrogen) atoms. The van der Waals surface area contributed by atoms with Crippen molar-refractivity contribution < 1.29 is 17.0 Å². The summed E-state index contributed by atoms with van der Waals surface area (Å²) in [6.07, 6.45) is 4.80. The highest BCUT2D eigenvalue weighted by atomic mass is 32.1. The largest absolute Gasteiger partial charge is 0.396 e. The molecule has 0 spiro atoms. The third-order valence-corrected chi connectivity index (χ3v) is 6.85. The van der Waals surface area contributed by atoms with Crippen LogP contribution in [0.4, 0.5) is 15.9 Å². The van der Waals surface area contributed by atoms with Gasteiger partial charge in [-0.05, 0) is 43.0 Å². The number of rotatable bonds is 4. The summed E-state index contributed by atoms with van der Waals surface area (Å²) in [5, 5.41) is 10.00. The Bertz CT molecular complexity index is 1180. The standard InChI is InChI=1S/C22H22FN5O2S/c23-20-16(3-4-18(26-20)27-9-5-14(13-29)6-10-27)21-25-17-7-11-28(22(30)19(17)31-21)15-2-1-8-24-12-15/h1-4,8,12,14,29H,5-7,9-11,13H2/i13D2. The minimum atomic E-state index is -2.21. The molecule has 0 unspecified atom stereocenters. The number of anilines is 2. The number of amides is 1. The van der Waals surface area contributed by atoms with Crippen LogP contribution in [0.3, 0.4) is 0 Å². The van der Waals surface area contributed by atoms with Gasteiger partial charge in [0.1, 0.15) is 15.7 Å². The molecule has 9 heteroatoms. The second kappa shape index (κ2) is 8.32. The number of pyridine rings is 2. The van der Waals surface area contributed by atoms with Crippen molar-refractivity contribution in [3.8, 4) is 10.6 Å². The van der Waals surface area contributed by atoms with E-state index >= 15 is 0 Å². The third-order valence-electron chi connectivity index (χ3n) is 5.73. The van der Waals surface area contributed by atoms with Gasteiger partial charge >= 0.3 is 0 Å². The van der Waals surface area contributed by atoms with Gasteiger partial charge < -0.3 is 14.9 Å². The molecular formula is C22H22FN5O2S. The second-order valence-corrected chi connectivity index (χ2v) is 8.61. The minimum Gasteiger partial charge on any atom is -0.396 e.